The van der Waals surface area contributed by atoms with Gasteiger partial charge in [0.2, 0.25) is 0 Å². The molecule has 1 aliphatic rings. The van der Waals surface area contributed by atoms with Crippen molar-refractivity contribution in [3.05, 3.63) is 49.6 Å². The Morgan fingerprint density at radius 3 is 3.00 bits per heavy atom. The third-order valence-corrected chi connectivity index (χ3v) is 5.84. The Hall–Kier alpha value is -0.550. The first-order valence-electron chi connectivity index (χ1n) is 7.11. The molecule has 0 saturated carbocycles. The Bertz CT molecular complexity index is 630. The third kappa shape index (κ3) is 3.29. The van der Waals surface area contributed by atoms with Crippen molar-refractivity contribution in [2.45, 2.75) is 31.9 Å². The minimum Gasteiger partial charge on any atom is -0.484 e. The van der Waals surface area contributed by atoms with Crippen molar-refractivity contribution in [2.75, 3.05) is 6.54 Å². The van der Waals surface area contributed by atoms with Gasteiger partial charge < -0.3 is 10.1 Å². The SMILES string of the molecule is CCCNC1CC(c2sccc2Br)Oc2ccc(Cl)cc21. The maximum Gasteiger partial charge on any atom is 0.136 e. The number of hydrogen-bond acceptors (Lipinski definition) is 3. The first-order chi connectivity index (χ1) is 10.2. The Labute approximate surface area is 142 Å². The zero-order valence-corrected chi connectivity index (χ0v) is 14.9. The molecule has 2 aromatic rings. The van der Waals surface area contributed by atoms with Crippen LogP contribution in [0.5, 0.6) is 5.75 Å². The summed E-state index contributed by atoms with van der Waals surface area (Å²) in [5, 5.41) is 6.47. The average Bonchev–Trinajstić information content (AvgIpc) is 2.91. The van der Waals surface area contributed by atoms with Crippen LogP contribution in [0.25, 0.3) is 0 Å². The third-order valence-electron chi connectivity index (χ3n) is 3.64. The van der Waals surface area contributed by atoms with Gasteiger partial charge in [0.15, 0.2) is 0 Å². The molecule has 1 N–H and O–H groups in total. The van der Waals surface area contributed by atoms with E-state index in [1.807, 2.05) is 18.2 Å². The van der Waals surface area contributed by atoms with Crippen molar-refractivity contribution in [3.8, 4) is 5.75 Å². The van der Waals surface area contributed by atoms with Crippen LogP contribution in [0, 0.1) is 0 Å². The standard InChI is InChI=1S/C16H17BrClNOS/c1-2-6-19-13-9-15(16-12(17)5-7-21-16)20-14-4-3-10(18)8-11(13)14/h3-5,7-8,13,15,19H,2,6,9H2,1H3. The lowest BCUT2D eigenvalue weighted by molar-refractivity contribution is 0.154. The fourth-order valence-electron chi connectivity index (χ4n) is 2.65. The quantitative estimate of drug-likeness (QED) is 0.724. The van der Waals surface area contributed by atoms with E-state index in [9.17, 15) is 0 Å². The molecule has 21 heavy (non-hydrogen) atoms. The predicted octanol–water partition coefficient (Wildman–Crippen LogP) is 5.73. The van der Waals surface area contributed by atoms with Gasteiger partial charge in [-0.2, -0.15) is 0 Å². The first-order valence-corrected chi connectivity index (χ1v) is 9.16. The van der Waals surface area contributed by atoms with E-state index in [1.165, 1.54) is 10.4 Å². The van der Waals surface area contributed by atoms with Crippen LogP contribution >= 0.6 is 38.9 Å². The van der Waals surface area contributed by atoms with Gasteiger partial charge in [0.1, 0.15) is 11.9 Å². The Morgan fingerprint density at radius 2 is 2.29 bits per heavy atom. The zero-order chi connectivity index (χ0) is 14.8. The van der Waals surface area contributed by atoms with Gasteiger partial charge in [-0.3, -0.25) is 0 Å². The number of rotatable bonds is 4. The van der Waals surface area contributed by atoms with Crippen LogP contribution in [0.4, 0.5) is 0 Å². The summed E-state index contributed by atoms with van der Waals surface area (Å²) in [4.78, 5) is 1.25. The summed E-state index contributed by atoms with van der Waals surface area (Å²) in [6.07, 6.45) is 2.12. The van der Waals surface area contributed by atoms with Crippen LogP contribution < -0.4 is 10.1 Å². The molecule has 1 aliphatic heterocycles. The molecular formula is C16H17BrClNOS. The highest BCUT2D eigenvalue weighted by molar-refractivity contribution is 9.10. The molecule has 5 heteroatoms. The van der Waals surface area contributed by atoms with Gasteiger partial charge in [0, 0.05) is 27.5 Å². The second kappa shape index (κ2) is 6.69. The van der Waals surface area contributed by atoms with Crippen molar-refractivity contribution in [2.24, 2.45) is 0 Å². The molecular weight excluding hydrogens is 370 g/mol. The van der Waals surface area contributed by atoms with Crippen molar-refractivity contribution < 1.29 is 4.74 Å². The van der Waals surface area contributed by atoms with Gasteiger partial charge in [-0.15, -0.1) is 11.3 Å². The highest BCUT2D eigenvalue weighted by Crippen LogP contribution is 2.44. The van der Waals surface area contributed by atoms with Crippen molar-refractivity contribution in [3.63, 3.8) is 0 Å². The molecule has 2 nitrogen and oxygen atoms in total. The molecule has 0 radical (unpaired) electrons. The average molecular weight is 387 g/mol. The summed E-state index contributed by atoms with van der Waals surface area (Å²) in [6.45, 7) is 3.17. The molecule has 2 atom stereocenters. The van der Waals surface area contributed by atoms with Crippen LogP contribution in [0.2, 0.25) is 5.02 Å². The summed E-state index contributed by atoms with van der Waals surface area (Å²) < 4.78 is 7.33. The molecule has 112 valence electrons. The van der Waals surface area contributed by atoms with Crippen LogP contribution in [0.15, 0.2) is 34.1 Å². The second-order valence-electron chi connectivity index (χ2n) is 5.16. The molecule has 0 aliphatic carbocycles. The van der Waals surface area contributed by atoms with E-state index < -0.39 is 0 Å². The van der Waals surface area contributed by atoms with Gasteiger partial charge >= 0.3 is 0 Å². The smallest absolute Gasteiger partial charge is 0.136 e. The molecule has 0 bridgehead atoms. The minimum absolute atomic E-state index is 0.0856. The normalized spacial score (nSPS) is 20.9. The maximum atomic E-state index is 6.20. The number of fused-ring (bicyclic) bond motifs is 1. The van der Waals surface area contributed by atoms with E-state index in [4.69, 9.17) is 16.3 Å². The molecule has 1 aromatic heterocycles. The molecule has 2 heterocycles. The Balaban J connectivity index is 1.92. The lowest BCUT2D eigenvalue weighted by Gasteiger charge is -2.32. The monoisotopic (exact) mass is 385 g/mol. The molecule has 0 saturated heterocycles. The number of halogens is 2. The summed E-state index contributed by atoms with van der Waals surface area (Å²) in [5.41, 5.74) is 1.17. The van der Waals surface area contributed by atoms with Gasteiger partial charge in [-0.1, -0.05) is 18.5 Å². The van der Waals surface area contributed by atoms with E-state index in [2.05, 4.69) is 39.6 Å². The van der Waals surface area contributed by atoms with Crippen LogP contribution in [-0.2, 0) is 0 Å². The minimum atomic E-state index is 0.0856. The molecule has 1 aromatic carbocycles. The van der Waals surface area contributed by atoms with E-state index in [0.717, 1.165) is 34.6 Å². The van der Waals surface area contributed by atoms with Crippen LogP contribution in [-0.4, -0.2) is 6.54 Å². The summed E-state index contributed by atoms with van der Waals surface area (Å²) >= 11 is 11.5. The summed E-state index contributed by atoms with van der Waals surface area (Å²) in [6, 6.07) is 8.25. The molecule has 2 unspecified atom stereocenters. The van der Waals surface area contributed by atoms with E-state index in [1.54, 1.807) is 11.3 Å². The zero-order valence-electron chi connectivity index (χ0n) is 11.7. The lowest BCUT2D eigenvalue weighted by atomic mass is 9.95. The fraction of sp³-hybridized carbons (Fsp3) is 0.375. The highest BCUT2D eigenvalue weighted by atomic mass is 79.9. The molecule has 3 rings (SSSR count). The van der Waals surface area contributed by atoms with Crippen molar-refractivity contribution in [1.82, 2.24) is 5.32 Å². The largest absolute Gasteiger partial charge is 0.484 e. The highest BCUT2D eigenvalue weighted by Gasteiger charge is 2.30. The summed E-state index contributed by atoms with van der Waals surface area (Å²) in [5.74, 6) is 0.935. The number of hydrogen-bond donors (Lipinski definition) is 1. The van der Waals surface area contributed by atoms with E-state index in [0.29, 0.717) is 0 Å². The summed E-state index contributed by atoms with van der Waals surface area (Å²) in [7, 11) is 0. The number of nitrogens with one attached hydrogen (secondary N) is 1. The van der Waals surface area contributed by atoms with Gasteiger partial charge in [0.05, 0.1) is 4.88 Å². The second-order valence-corrected chi connectivity index (χ2v) is 7.40. The van der Waals surface area contributed by atoms with Crippen molar-refractivity contribution >= 4 is 38.9 Å². The lowest BCUT2D eigenvalue weighted by Crippen LogP contribution is -2.29. The number of ether oxygens (including phenoxy) is 1. The first kappa shape index (κ1) is 15.3. The Morgan fingerprint density at radius 1 is 1.43 bits per heavy atom. The molecule has 0 fully saturated rings. The van der Waals surface area contributed by atoms with E-state index in [-0.39, 0.29) is 12.1 Å². The molecule has 0 amide bonds. The van der Waals surface area contributed by atoms with Crippen molar-refractivity contribution in [1.29, 1.82) is 0 Å². The fourth-order valence-corrected chi connectivity index (χ4v) is 4.50. The van der Waals surface area contributed by atoms with Crippen LogP contribution in [0.3, 0.4) is 0 Å². The topological polar surface area (TPSA) is 21.3 Å². The Kier molecular flexibility index (Phi) is 4.89. The number of thiophene rings is 1. The predicted molar refractivity (Wildman–Crippen MR) is 92.5 cm³/mol. The van der Waals surface area contributed by atoms with E-state index >= 15 is 0 Å². The number of benzene rings is 1. The molecule has 0 spiro atoms. The van der Waals surface area contributed by atoms with Gasteiger partial charge in [0.25, 0.3) is 0 Å². The van der Waals surface area contributed by atoms with Crippen LogP contribution in [0.1, 0.15) is 42.4 Å². The maximum absolute atomic E-state index is 6.20. The van der Waals surface area contributed by atoms with Gasteiger partial charge in [-0.05, 0) is 58.5 Å². The van der Waals surface area contributed by atoms with Gasteiger partial charge in [-0.25, -0.2) is 0 Å².